The zero-order valence-electron chi connectivity index (χ0n) is 20.5. The summed E-state index contributed by atoms with van der Waals surface area (Å²) in [5, 5.41) is 4.13. The number of piperidine rings is 1. The first kappa shape index (κ1) is 28.5. The molecule has 36 heavy (non-hydrogen) atoms. The molecule has 0 bridgehead atoms. The lowest BCUT2D eigenvalue weighted by atomic mass is 9.89. The first-order valence-electron chi connectivity index (χ1n) is 12.2. The summed E-state index contributed by atoms with van der Waals surface area (Å²) in [4.78, 5) is 20.8. The van der Waals surface area contributed by atoms with E-state index >= 15 is 0 Å². The van der Waals surface area contributed by atoms with Gasteiger partial charge in [0.2, 0.25) is 0 Å². The third-order valence-corrected chi connectivity index (χ3v) is 7.80. The van der Waals surface area contributed by atoms with Crippen LogP contribution in [-0.4, -0.2) is 53.5 Å². The number of amides is 1. The minimum Gasteiger partial charge on any atom is -0.378 e. The molecule has 1 saturated heterocycles. The third kappa shape index (κ3) is 6.45. The van der Waals surface area contributed by atoms with Crippen molar-refractivity contribution < 1.29 is 9.53 Å². The highest BCUT2D eigenvalue weighted by Crippen LogP contribution is 2.36. The molecular formula is C27H34Cl2N4O2S. The van der Waals surface area contributed by atoms with Crippen LogP contribution in [-0.2, 0) is 16.1 Å². The minimum atomic E-state index is -0.0125. The zero-order valence-corrected chi connectivity index (χ0v) is 23.0. The summed E-state index contributed by atoms with van der Waals surface area (Å²) in [5.74, 6) is 0.686. The second-order valence-electron chi connectivity index (χ2n) is 9.03. The standard InChI is InChI=1S/C27H32N4O2S.2ClH/c1-33-19-22-23-18-24(34-26-11-7-10-25(29-22)31(23)26)27(32)28-14-5-6-15-30-16-12-21(13-17-30)20-8-3-2-4-9-20;;/h2-4,7-11,18,21H,5-6,12-17,19H2,1H3,(H,28,32);2*1H. The van der Waals surface area contributed by atoms with Crippen LogP contribution in [0.25, 0.3) is 11.7 Å². The Kier molecular flexibility index (Phi) is 10.7. The van der Waals surface area contributed by atoms with E-state index in [9.17, 15) is 4.79 Å². The molecule has 194 valence electrons. The van der Waals surface area contributed by atoms with Crippen molar-refractivity contribution in [2.75, 3.05) is 33.3 Å². The summed E-state index contributed by atoms with van der Waals surface area (Å²) < 4.78 is 7.41. The number of thioether (sulfide) groups is 1. The van der Waals surface area contributed by atoms with Crippen LogP contribution in [0.1, 0.15) is 48.6 Å². The van der Waals surface area contributed by atoms with Crippen LogP contribution in [0.15, 0.2) is 58.5 Å². The lowest BCUT2D eigenvalue weighted by Crippen LogP contribution is -2.34. The second kappa shape index (κ2) is 13.5. The van der Waals surface area contributed by atoms with Gasteiger partial charge in [0.1, 0.15) is 5.65 Å². The Bertz CT molecular complexity index is 1180. The van der Waals surface area contributed by atoms with Crippen molar-refractivity contribution in [1.29, 1.82) is 0 Å². The van der Waals surface area contributed by atoms with E-state index in [2.05, 4.69) is 49.9 Å². The lowest BCUT2D eigenvalue weighted by molar-refractivity contribution is -0.116. The van der Waals surface area contributed by atoms with Crippen molar-refractivity contribution in [1.82, 2.24) is 19.6 Å². The molecule has 9 heteroatoms. The number of likely N-dealkylation sites (tertiary alicyclic amines) is 1. The Morgan fingerprint density at radius 3 is 2.61 bits per heavy atom. The van der Waals surface area contributed by atoms with Crippen LogP contribution in [0.2, 0.25) is 0 Å². The van der Waals surface area contributed by atoms with E-state index in [1.165, 1.54) is 43.3 Å². The molecule has 2 aliphatic rings. The third-order valence-electron chi connectivity index (χ3n) is 6.75. The van der Waals surface area contributed by atoms with E-state index in [0.717, 1.165) is 41.4 Å². The van der Waals surface area contributed by atoms with Gasteiger partial charge in [0.25, 0.3) is 5.91 Å². The van der Waals surface area contributed by atoms with Crippen molar-refractivity contribution in [3.63, 3.8) is 0 Å². The van der Waals surface area contributed by atoms with Crippen molar-refractivity contribution in [2.45, 2.75) is 43.2 Å². The maximum absolute atomic E-state index is 12.9. The highest BCUT2D eigenvalue weighted by Gasteiger charge is 2.23. The number of aromatic nitrogens is 2. The molecule has 1 aromatic carbocycles. The predicted octanol–water partition coefficient (Wildman–Crippen LogP) is 5.55. The first-order chi connectivity index (χ1) is 16.7. The number of nitrogens with one attached hydrogen (secondary N) is 1. The van der Waals surface area contributed by atoms with Gasteiger partial charge in [-0.1, -0.05) is 48.2 Å². The van der Waals surface area contributed by atoms with E-state index in [1.807, 2.05) is 24.3 Å². The van der Waals surface area contributed by atoms with Crippen LogP contribution in [0.5, 0.6) is 0 Å². The zero-order chi connectivity index (χ0) is 23.3. The smallest absolute Gasteiger partial charge is 0.258 e. The fraction of sp³-hybridized carbons (Fsp3) is 0.407. The molecular weight excluding hydrogens is 515 g/mol. The molecule has 2 aromatic heterocycles. The van der Waals surface area contributed by atoms with Gasteiger partial charge in [-0.05, 0) is 75.0 Å². The first-order valence-corrected chi connectivity index (χ1v) is 13.0. The molecule has 3 aromatic rings. The molecule has 1 amide bonds. The number of carbonyl (C=O) groups excluding carboxylic acids is 1. The number of hydrogen-bond acceptors (Lipinski definition) is 5. The van der Waals surface area contributed by atoms with Crippen LogP contribution >= 0.6 is 36.6 Å². The SMILES string of the molecule is COCc1nc2cccc3n2c1C=C(C(=O)NCCCCN1CCC(c2ccccc2)CC1)S3.Cl.Cl. The molecule has 0 spiro atoms. The van der Waals surface area contributed by atoms with Gasteiger partial charge in [0.15, 0.2) is 0 Å². The Labute approximate surface area is 229 Å². The fourth-order valence-corrected chi connectivity index (χ4v) is 5.94. The van der Waals surface area contributed by atoms with E-state index in [0.29, 0.717) is 24.0 Å². The van der Waals surface area contributed by atoms with Crippen molar-refractivity contribution >= 4 is 54.2 Å². The number of methoxy groups -OCH3 is 1. The van der Waals surface area contributed by atoms with E-state index in [-0.39, 0.29) is 30.7 Å². The maximum atomic E-state index is 12.9. The minimum absolute atomic E-state index is 0. The van der Waals surface area contributed by atoms with E-state index in [1.54, 1.807) is 7.11 Å². The van der Waals surface area contributed by atoms with Gasteiger partial charge in [-0.3, -0.25) is 9.20 Å². The summed E-state index contributed by atoms with van der Waals surface area (Å²) in [7, 11) is 1.66. The molecule has 2 aliphatic heterocycles. The normalized spacial score (nSPS) is 15.6. The van der Waals surface area contributed by atoms with Gasteiger partial charge in [-0.25, -0.2) is 4.98 Å². The van der Waals surface area contributed by atoms with E-state index in [4.69, 9.17) is 4.74 Å². The second-order valence-corrected chi connectivity index (χ2v) is 10.1. The van der Waals surface area contributed by atoms with Gasteiger partial charge in [0.05, 0.1) is 27.9 Å². The molecule has 4 heterocycles. The monoisotopic (exact) mass is 548 g/mol. The molecule has 0 aliphatic carbocycles. The molecule has 0 radical (unpaired) electrons. The molecule has 0 saturated carbocycles. The lowest BCUT2D eigenvalue weighted by Gasteiger charge is -2.32. The number of carbonyl (C=O) groups is 1. The van der Waals surface area contributed by atoms with Gasteiger partial charge in [-0.2, -0.15) is 0 Å². The molecule has 0 unspecified atom stereocenters. The maximum Gasteiger partial charge on any atom is 0.258 e. The summed E-state index contributed by atoms with van der Waals surface area (Å²) in [6.45, 7) is 4.56. The molecule has 5 rings (SSSR count). The number of imidazole rings is 1. The van der Waals surface area contributed by atoms with Gasteiger partial charge < -0.3 is 15.0 Å². The number of pyridine rings is 1. The number of rotatable bonds is 9. The van der Waals surface area contributed by atoms with Crippen LogP contribution in [0.3, 0.4) is 0 Å². The fourth-order valence-electron chi connectivity index (χ4n) is 4.95. The average molecular weight is 550 g/mol. The Morgan fingerprint density at radius 1 is 1.08 bits per heavy atom. The number of nitrogens with zero attached hydrogens (tertiary/aromatic N) is 3. The predicted molar refractivity (Wildman–Crippen MR) is 151 cm³/mol. The topological polar surface area (TPSA) is 58.9 Å². The number of hydrogen-bond donors (Lipinski definition) is 1. The van der Waals surface area contributed by atoms with Gasteiger partial charge >= 0.3 is 0 Å². The number of benzene rings is 1. The van der Waals surface area contributed by atoms with Crippen molar-refractivity contribution in [2.24, 2.45) is 0 Å². The highest BCUT2D eigenvalue weighted by molar-refractivity contribution is 8.04. The Balaban J connectivity index is 0.00000180. The summed E-state index contributed by atoms with van der Waals surface area (Å²) in [6.07, 6.45) is 6.51. The number of unbranched alkanes of at least 4 members (excludes halogenated alkanes) is 1. The van der Waals surface area contributed by atoms with E-state index < -0.39 is 0 Å². The number of ether oxygens (including phenoxy) is 1. The summed E-state index contributed by atoms with van der Waals surface area (Å²) in [5.41, 5.74) is 4.16. The van der Waals surface area contributed by atoms with Crippen LogP contribution < -0.4 is 5.32 Å². The van der Waals surface area contributed by atoms with Crippen LogP contribution in [0.4, 0.5) is 0 Å². The largest absolute Gasteiger partial charge is 0.378 e. The summed E-state index contributed by atoms with van der Waals surface area (Å²) >= 11 is 1.50. The van der Waals surface area contributed by atoms with Crippen molar-refractivity contribution in [3.05, 3.63) is 70.4 Å². The van der Waals surface area contributed by atoms with Crippen LogP contribution in [0, 0.1) is 0 Å². The number of halogens is 2. The summed E-state index contributed by atoms with van der Waals surface area (Å²) in [6, 6.07) is 16.9. The highest BCUT2D eigenvalue weighted by atomic mass is 35.5. The molecule has 1 N–H and O–H groups in total. The Morgan fingerprint density at radius 2 is 1.86 bits per heavy atom. The Hall–Kier alpha value is -2.03. The molecule has 0 atom stereocenters. The van der Waals surface area contributed by atoms with Gasteiger partial charge in [-0.15, -0.1) is 24.8 Å². The average Bonchev–Trinajstić information content (AvgIpc) is 3.23. The van der Waals surface area contributed by atoms with Gasteiger partial charge in [0, 0.05) is 13.7 Å². The molecule has 1 fully saturated rings. The van der Waals surface area contributed by atoms with Crippen molar-refractivity contribution in [3.8, 4) is 0 Å². The molecule has 6 nitrogen and oxygen atoms in total. The quantitative estimate of drug-likeness (QED) is 0.355.